The first kappa shape index (κ1) is 15.4. The molecule has 0 bridgehead atoms. The maximum Gasteiger partial charge on any atom is 0.239 e. The number of hydrogen-bond donors (Lipinski definition) is 3. The van der Waals surface area contributed by atoms with Gasteiger partial charge in [0, 0.05) is 30.6 Å². The molecule has 0 saturated carbocycles. The summed E-state index contributed by atoms with van der Waals surface area (Å²) in [5.41, 5.74) is 0.844. The number of carbonyl (C=O) groups excluding carboxylic acids is 1. The van der Waals surface area contributed by atoms with Gasteiger partial charge in [0.1, 0.15) is 12.4 Å². The predicted molar refractivity (Wildman–Crippen MR) is 84.5 cm³/mol. The lowest BCUT2D eigenvalue weighted by Crippen LogP contribution is -2.43. The van der Waals surface area contributed by atoms with Crippen molar-refractivity contribution in [2.24, 2.45) is 5.92 Å². The van der Waals surface area contributed by atoms with E-state index in [2.05, 4.69) is 10.6 Å². The molecule has 1 saturated heterocycles. The molecule has 2 aliphatic heterocycles. The van der Waals surface area contributed by atoms with Gasteiger partial charge in [-0.25, -0.2) is 0 Å². The summed E-state index contributed by atoms with van der Waals surface area (Å²) in [4.78, 5) is 14.1. The topological polar surface area (TPSA) is 73.8 Å². The van der Waals surface area contributed by atoms with Crippen molar-refractivity contribution >= 4 is 23.2 Å². The van der Waals surface area contributed by atoms with Gasteiger partial charge < -0.3 is 25.4 Å². The van der Waals surface area contributed by atoms with Crippen molar-refractivity contribution in [3.8, 4) is 5.75 Å². The molecule has 120 valence electrons. The van der Waals surface area contributed by atoms with Crippen LogP contribution in [0.4, 0.5) is 5.69 Å². The molecule has 1 aromatic carbocycles. The second-order valence-electron chi connectivity index (χ2n) is 5.67. The zero-order valence-electron chi connectivity index (χ0n) is 12.2. The summed E-state index contributed by atoms with van der Waals surface area (Å²) in [5.74, 6) is 0.765. The lowest BCUT2D eigenvalue weighted by Gasteiger charge is -2.31. The van der Waals surface area contributed by atoms with Crippen LogP contribution in [-0.4, -0.2) is 56.4 Å². The number of carbonyl (C=O) groups is 1. The number of hydrogen-bond acceptors (Lipinski definition) is 5. The van der Waals surface area contributed by atoms with Crippen LogP contribution in [0.3, 0.4) is 0 Å². The molecule has 2 atom stereocenters. The Balaban J connectivity index is 1.57. The van der Waals surface area contributed by atoms with E-state index in [4.69, 9.17) is 16.3 Å². The number of aliphatic hydroxyl groups is 1. The number of β-amino-alcohol motifs (C(OH)–C–C–N with tert-alkyl or cyclic N) is 1. The highest BCUT2D eigenvalue weighted by atomic mass is 35.5. The maximum absolute atomic E-state index is 12.1. The third-order valence-electron chi connectivity index (χ3n) is 4.08. The van der Waals surface area contributed by atoms with Gasteiger partial charge in [-0.2, -0.15) is 0 Å². The number of halogens is 1. The summed E-state index contributed by atoms with van der Waals surface area (Å²) in [6.07, 6.45) is -0.386. The standard InChI is InChI=1S/C15H20ClN3O3/c16-11-1-2-14-12(5-11)19(3-4-22-14)9-15(21)18-7-10-6-17-8-13(10)20/h1-2,5,10,13,17,20H,3-4,6-9H2,(H,18,21). The fraction of sp³-hybridized carbons (Fsp3) is 0.533. The smallest absolute Gasteiger partial charge is 0.239 e. The first-order valence-corrected chi connectivity index (χ1v) is 7.84. The Bertz CT molecular complexity index is 555. The molecule has 0 aliphatic carbocycles. The van der Waals surface area contributed by atoms with Crippen molar-refractivity contribution < 1.29 is 14.6 Å². The highest BCUT2D eigenvalue weighted by Crippen LogP contribution is 2.33. The van der Waals surface area contributed by atoms with E-state index in [9.17, 15) is 9.90 Å². The van der Waals surface area contributed by atoms with Crippen LogP contribution < -0.4 is 20.3 Å². The molecule has 1 fully saturated rings. The van der Waals surface area contributed by atoms with Gasteiger partial charge in [-0.15, -0.1) is 0 Å². The number of fused-ring (bicyclic) bond motifs is 1. The number of aliphatic hydroxyl groups excluding tert-OH is 1. The minimum absolute atomic E-state index is 0.0630. The Kier molecular flexibility index (Phi) is 4.71. The molecule has 22 heavy (non-hydrogen) atoms. The molecule has 0 aromatic heterocycles. The summed E-state index contributed by atoms with van der Waals surface area (Å²) in [5, 5.41) is 16.3. The van der Waals surface area contributed by atoms with E-state index in [0.29, 0.717) is 31.3 Å². The zero-order chi connectivity index (χ0) is 15.5. The molecule has 1 amide bonds. The number of ether oxygens (including phenoxy) is 1. The van der Waals surface area contributed by atoms with Crippen LogP contribution in [0.1, 0.15) is 0 Å². The lowest BCUT2D eigenvalue weighted by molar-refractivity contribution is -0.120. The molecule has 0 spiro atoms. The van der Waals surface area contributed by atoms with Gasteiger partial charge in [0.05, 0.1) is 24.9 Å². The SMILES string of the molecule is O=C(CN1CCOc2ccc(Cl)cc21)NCC1CNCC1O. The maximum atomic E-state index is 12.1. The summed E-state index contributed by atoms with van der Waals surface area (Å²) in [6.45, 7) is 3.27. The Morgan fingerprint density at radius 1 is 1.50 bits per heavy atom. The number of amides is 1. The van der Waals surface area contributed by atoms with Crippen molar-refractivity contribution in [2.75, 3.05) is 44.2 Å². The van der Waals surface area contributed by atoms with Crippen molar-refractivity contribution in [1.82, 2.24) is 10.6 Å². The fourth-order valence-corrected chi connectivity index (χ4v) is 2.98. The predicted octanol–water partition coefficient (Wildman–Crippen LogP) is 0.235. The van der Waals surface area contributed by atoms with Crippen LogP contribution in [-0.2, 0) is 4.79 Å². The largest absolute Gasteiger partial charge is 0.490 e. The molecule has 2 aliphatic rings. The Morgan fingerprint density at radius 2 is 2.36 bits per heavy atom. The Labute approximate surface area is 134 Å². The van der Waals surface area contributed by atoms with Gasteiger partial charge in [0.2, 0.25) is 5.91 Å². The van der Waals surface area contributed by atoms with Crippen LogP contribution in [0.15, 0.2) is 18.2 Å². The Hall–Kier alpha value is -1.50. The van der Waals surface area contributed by atoms with E-state index in [0.717, 1.165) is 18.0 Å². The van der Waals surface area contributed by atoms with Gasteiger partial charge in [0.15, 0.2) is 0 Å². The quantitative estimate of drug-likeness (QED) is 0.739. The molecule has 1 aromatic rings. The highest BCUT2D eigenvalue weighted by Gasteiger charge is 2.26. The number of anilines is 1. The summed E-state index contributed by atoms with van der Waals surface area (Å²) in [6, 6.07) is 5.41. The van der Waals surface area contributed by atoms with E-state index >= 15 is 0 Å². The van der Waals surface area contributed by atoms with Crippen molar-refractivity contribution in [1.29, 1.82) is 0 Å². The monoisotopic (exact) mass is 325 g/mol. The number of benzene rings is 1. The van der Waals surface area contributed by atoms with E-state index in [1.807, 2.05) is 17.0 Å². The molecule has 3 N–H and O–H groups in total. The number of rotatable bonds is 4. The summed E-state index contributed by atoms with van der Waals surface area (Å²) in [7, 11) is 0. The average molecular weight is 326 g/mol. The number of nitrogens with zero attached hydrogens (tertiary/aromatic N) is 1. The second kappa shape index (κ2) is 6.73. The van der Waals surface area contributed by atoms with Crippen molar-refractivity contribution in [2.45, 2.75) is 6.10 Å². The molecule has 2 heterocycles. The van der Waals surface area contributed by atoms with Gasteiger partial charge in [-0.3, -0.25) is 4.79 Å². The molecular weight excluding hydrogens is 306 g/mol. The van der Waals surface area contributed by atoms with Crippen molar-refractivity contribution in [3.05, 3.63) is 23.2 Å². The van der Waals surface area contributed by atoms with Crippen LogP contribution in [0, 0.1) is 5.92 Å². The van der Waals surface area contributed by atoms with E-state index in [1.165, 1.54) is 0 Å². The molecule has 2 unspecified atom stereocenters. The van der Waals surface area contributed by atoms with Crippen LogP contribution >= 0.6 is 11.6 Å². The van der Waals surface area contributed by atoms with E-state index in [-0.39, 0.29) is 24.5 Å². The third kappa shape index (κ3) is 3.45. The first-order chi connectivity index (χ1) is 10.6. The molecule has 6 nitrogen and oxygen atoms in total. The van der Waals surface area contributed by atoms with Crippen LogP contribution in [0.5, 0.6) is 5.75 Å². The minimum Gasteiger partial charge on any atom is -0.490 e. The third-order valence-corrected chi connectivity index (χ3v) is 4.32. The highest BCUT2D eigenvalue weighted by molar-refractivity contribution is 6.31. The second-order valence-corrected chi connectivity index (χ2v) is 6.11. The first-order valence-electron chi connectivity index (χ1n) is 7.46. The van der Waals surface area contributed by atoms with E-state index < -0.39 is 0 Å². The van der Waals surface area contributed by atoms with Crippen LogP contribution in [0.2, 0.25) is 5.02 Å². The number of nitrogens with one attached hydrogen (secondary N) is 2. The van der Waals surface area contributed by atoms with Crippen molar-refractivity contribution in [3.63, 3.8) is 0 Å². The van der Waals surface area contributed by atoms with Gasteiger partial charge in [-0.1, -0.05) is 11.6 Å². The van der Waals surface area contributed by atoms with Gasteiger partial charge >= 0.3 is 0 Å². The normalized spacial score (nSPS) is 23.8. The fourth-order valence-electron chi connectivity index (χ4n) is 2.81. The average Bonchev–Trinajstić information content (AvgIpc) is 2.91. The van der Waals surface area contributed by atoms with Gasteiger partial charge in [-0.05, 0) is 18.2 Å². The lowest BCUT2D eigenvalue weighted by atomic mass is 10.1. The Morgan fingerprint density at radius 3 is 3.14 bits per heavy atom. The molecule has 7 heteroatoms. The zero-order valence-corrected chi connectivity index (χ0v) is 13.0. The summed E-state index contributed by atoms with van der Waals surface area (Å²) < 4.78 is 5.57. The molecule has 0 radical (unpaired) electrons. The van der Waals surface area contributed by atoms with Gasteiger partial charge in [0.25, 0.3) is 0 Å². The summed E-state index contributed by atoms with van der Waals surface area (Å²) >= 11 is 6.02. The van der Waals surface area contributed by atoms with Crippen LogP contribution in [0.25, 0.3) is 0 Å². The minimum atomic E-state index is -0.386. The van der Waals surface area contributed by atoms with E-state index in [1.54, 1.807) is 6.07 Å². The molecule has 3 rings (SSSR count). The molecular formula is C15H20ClN3O3.